The second-order valence-electron chi connectivity index (χ2n) is 6.11. The second kappa shape index (κ2) is 8.07. The molecular formula is C19H17FN2O4S2. The Morgan fingerprint density at radius 3 is 2.71 bits per heavy atom. The van der Waals surface area contributed by atoms with Gasteiger partial charge >= 0.3 is 0 Å². The first kappa shape index (κ1) is 20.0. The van der Waals surface area contributed by atoms with Crippen LogP contribution < -0.4 is 10.1 Å². The van der Waals surface area contributed by atoms with Crippen molar-refractivity contribution in [3.8, 4) is 17.0 Å². The minimum absolute atomic E-state index is 0.140. The van der Waals surface area contributed by atoms with E-state index in [1.54, 1.807) is 29.6 Å². The van der Waals surface area contributed by atoms with Crippen LogP contribution in [0.1, 0.15) is 15.9 Å². The number of carbonyl (C=O) groups is 1. The van der Waals surface area contributed by atoms with Gasteiger partial charge in [0.15, 0.2) is 26.5 Å². The Morgan fingerprint density at radius 1 is 1.25 bits per heavy atom. The zero-order valence-electron chi connectivity index (χ0n) is 15.1. The van der Waals surface area contributed by atoms with Crippen LogP contribution in [0, 0.1) is 5.82 Å². The molecular weight excluding hydrogens is 403 g/mol. The SMILES string of the molecule is COc1ccc(-c2csc(NC(=O)c3cccc(CS(C)(=O)=O)c3)n2)cc1F. The third-order valence-electron chi connectivity index (χ3n) is 3.79. The smallest absolute Gasteiger partial charge is 0.257 e. The van der Waals surface area contributed by atoms with Gasteiger partial charge in [-0.25, -0.2) is 17.8 Å². The predicted molar refractivity (Wildman–Crippen MR) is 107 cm³/mol. The van der Waals surface area contributed by atoms with Crippen molar-refractivity contribution in [2.24, 2.45) is 0 Å². The maximum atomic E-state index is 13.9. The van der Waals surface area contributed by atoms with Crippen molar-refractivity contribution in [3.63, 3.8) is 0 Å². The van der Waals surface area contributed by atoms with E-state index in [-0.39, 0.29) is 11.5 Å². The molecule has 0 aliphatic carbocycles. The van der Waals surface area contributed by atoms with E-state index < -0.39 is 21.6 Å². The third kappa shape index (κ3) is 4.93. The van der Waals surface area contributed by atoms with Crippen LogP contribution in [0.5, 0.6) is 5.75 Å². The molecule has 9 heteroatoms. The first-order valence-corrected chi connectivity index (χ1v) is 11.1. The molecule has 0 aliphatic rings. The van der Waals surface area contributed by atoms with Gasteiger partial charge in [-0.1, -0.05) is 12.1 Å². The highest BCUT2D eigenvalue weighted by Crippen LogP contribution is 2.28. The number of hydrogen-bond acceptors (Lipinski definition) is 6. The Kier molecular flexibility index (Phi) is 5.76. The molecule has 2 aromatic carbocycles. The number of nitrogens with one attached hydrogen (secondary N) is 1. The number of ether oxygens (including phenoxy) is 1. The molecule has 0 atom stereocenters. The summed E-state index contributed by atoms with van der Waals surface area (Å²) in [7, 11) is -1.81. The van der Waals surface area contributed by atoms with Crippen molar-refractivity contribution in [1.82, 2.24) is 4.98 Å². The first-order valence-electron chi connectivity index (χ1n) is 8.12. The highest BCUT2D eigenvalue weighted by atomic mass is 32.2. The van der Waals surface area contributed by atoms with Crippen LogP contribution in [-0.4, -0.2) is 32.7 Å². The number of benzene rings is 2. The maximum absolute atomic E-state index is 13.9. The average molecular weight is 420 g/mol. The number of methoxy groups -OCH3 is 1. The summed E-state index contributed by atoms with van der Waals surface area (Å²) in [5, 5.41) is 4.73. The van der Waals surface area contributed by atoms with Crippen molar-refractivity contribution < 1.29 is 22.3 Å². The second-order valence-corrected chi connectivity index (χ2v) is 9.11. The largest absolute Gasteiger partial charge is 0.494 e. The van der Waals surface area contributed by atoms with E-state index in [9.17, 15) is 17.6 Å². The van der Waals surface area contributed by atoms with Crippen LogP contribution in [-0.2, 0) is 15.6 Å². The topological polar surface area (TPSA) is 85.4 Å². The number of sulfone groups is 1. The Bertz CT molecular complexity index is 1130. The number of hydrogen-bond donors (Lipinski definition) is 1. The number of anilines is 1. The first-order chi connectivity index (χ1) is 13.2. The molecule has 146 valence electrons. The molecule has 6 nitrogen and oxygen atoms in total. The van der Waals surface area contributed by atoms with Crippen LogP contribution in [0.3, 0.4) is 0 Å². The van der Waals surface area contributed by atoms with Gasteiger partial charge in [0.05, 0.1) is 18.6 Å². The van der Waals surface area contributed by atoms with Crippen LogP contribution in [0.2, 0.25) is 0 Å². The normalized spacial score (nSPS) is 11.2. The predicted octanol–water partition coefficient (Wildman–Crippen LogP) is 3.75. The van der Waals surface area contributed by atoms with Crippen molar-refractivity contribution in [3.05, 3.63) is 64.8 Å². The molecule has 1 amide bonds. The Morgan fingerprint density at radius 2 is 2.04 bits per heavy atom. The molecule has 0 unspecified atom stereocenters. The van der Waals surface area contributed by atoms with Crippen molar-refractivity contribution in [2.45, 2.75) is 5.75 Å². The van der Waals surface area contributed by atoms with Gasteiger partial charge < -0.3 is 4.74 Å². The summed E-state index contributed by atoms with van der Waals surface area (Å²) >= 11 is 1.20. The minimum atomic E-state index is -3.20. The van der Waals surface area contributed by atoms with Gasteiger partial charge in [-0.05, 0) is 35.9 Å². The summed E-state index contributed by atoms with van der Waals surface area (Å²) in [6.45, 7) is 0. The van der Waals surface area contributed by atoms with Gasteiger partial charge in [0.1, 0.15) is 0 Å². The lowest BCUT2D eigenvalue weighted by Crippen LogP contribution is -2.12. The van der Waals surface area contributed by atoms with Gasteiger partial charge in [-0.15, -0.1) is 11.3 Å². The molecule has 1 heterocycles. The molecule has 1 aromatic heterocycles. The molecule has 0 bridgehead atoms. The van der Waals surface area contributed by atoms with E-state index in [1.807, 2.05) is 0 Å². The molecule has 0 fully saturated rings. The third-order valence-corrected chi connectivity index (χ3v) is 5.41. The quantitative estimate of drug-likeness (QED) is 0.656. The summed E-state index contributed by atoms with van der Waals surface area (Å²) in [6.07, 6.45) is 1.14. The molecule has 28 heavy (non-hydrogen) atoms. The standard InChI is InChI=1S/C19H17FN2O4S2/c1-26-17-7-6-13(9-15(17)20)16-10-27-19(21-16)22-18(23)14-5-3-4-12(8-14)11-28(2,24)25/h3-10H,11H2,1-2H3,(H,21,22,23). The van der Waals surface area contributed by atoms with Crippen molar-refractivity contribution >= 4 is 32.2 Å². The van der Waals surface area contributed by atoms with E-state index in [4.69, 9.17) is 4.74 Å². The minimum Gasteiger partial charge on any atom is -0.494 e. The molecule has 3 aromatic rings. The van der Waals surface area contributed by atoms with Crippen LogP contribution in [0.15, 0.2) is 47.8 Å². The zero-order valence-corrected chi connectivity index (χ0v) is 16.7. The zero-order chi connectivity index (χ0) is 20.3. The van der Waals surface area contributed by atoms with Gasteiger partial charge in [0.2, 0.25) is 0 Å². The highest BCUT2D eigenvalue weighted by molar-refractivity contribution is 7.89. The Balaban J connectivity index is 1.75. The van der Waals surface area contributed by atoms with Gasteiger partial charge in [0.25, 0.3) is 5.91 Å². The average Bonchev–Trinajstić information content (AvgIpc) is 3.09. The van der Waals surface area contributed by atoms with Crippen LogP contribution in [0.4, 0.5) is 9.52 Å². The Hall–Kier alpha value is -2.78. The molecule has 0 radical (unpaired) electrons. The van der Waals surface area contributed by atoms with Crippen LogP contribution >= 0.6 is 11.3 Å². The van der Waals surface area contributed by atoms with Gasteiger partial charge in [0, 0.05) is 22.8 Å². The Labute approximate surface area is 165 Å². The number of carbonyl (C=O) groups excluding carboxylic acids is 1. The lowest BCUT2D eigenvalue weighted by atomic mass is 10.1. The summed E-state index contributed by atoms with van der Waals surface area (Å²) in [5.41, 5.74) is 1.94. The summed E-state index contributed by atoms with van der Waals surface area (Å²) in [6, 6.07) is 10.9. The number of thiazole rings is 1. The fourth-order valence-electron chi connectivity index (χ4n) is 2.56. The van der Waals surface area contributed by atoms with E-state index in [2.05, 4.69) is 10.3 Å². The lowest BCUT2D eigenvalue weighted by Gasteiger charge is -2.05. The molecule has 0 spiro atoms. The molecule has 0 saturated carbocycles. The van der Waals surface area contributed by atoms with Gasteiger partial charge in [-0.2, -0.15) is 0 Å². The molecule has 0 saturated heterocycles. The summed E-state index contributed by atoms with van der Waals surface area (Å²) in [4.78, 5) is 16.8. The van der Waals surface area contributed by atoms with E-state index in [0.29, 0.717) is 27.5 Å². The fourth-order valence-corrected chi connectivity index (χ4v) is 4.06. The number of amides is 1. The number of rotatable bonds is 6. The van der Waals surface area contributed by atoms with Crippen LogP contribution in [0.25, 0.3) is 11.3 Å². The number of nitrogens with zero attached hydrogens (tertiary/aromatic N) is 1. The van der Waals surface area contributed by atoms with Crippen molar-refractivity contribution in [1.29, 1.82) is 0 Å². The van der Waals surface area contributed by atoms with Crippen molar-refractivity contribution in [2.75, 3.05) is 18.7 Å². The van der Waals surface area contributed by atoms with E-state index in [0.717, 1.165) is 6.26 Å². The van der Waals surface area contributed by atoms with Gasteiger partial charge in [-0.3, -0.25) is 10.1 Å². The molecule has 1 N–H and O–H groups in total. The summed E-state index contributed by atoms with van der Waals surface area (Å²) in [5.74, 6) is -0.904. The number of aromatic nitrogens is 1. The molecule has 0 aliphatic heterocycles. The highest BCUT2D eigenvalue weighted by Gasteiger charge is 2.13. The monoisotopic (exact) mass is 420 g/mol. The van der Waals surface area contributed by atoms with E-state index >= 15 is 0 Å². The lowest BCUT2D eigenvalue weighted by molar-refractivity contribution is 0.102. The maximum Gasteiger partial charge on any atom is 0.257 e. The molecule has 3 rings (SSSR count). The van der Waals surface area contributed by atoms with E-state index in [1.165, 1.54) is 36.6 Å². The number of halogens is 1. The summed E-state index contributed by atoms with van der Waals surface area (Å²) < 4.78 is 41.6. The fraction of sp³-hybridized carbons (Fsp3) is 0.158.